The molecule has 0 radical (unpaired) electrons. The number of hydrogen-bond donors (Lipinski definition) is 1. The van der Waals surface area contributed by atoms with Crippen molar-refractivity contribution >= 4 is 13.3 Å². The van der Waals surface area contributed by atoms with Crippen molar-refractivity contribution in [2.45, 2.75) is 0 Å². The van der Waals surface area contributed by atoms with Crippen LogP contribution in [0.3, 0.4) is 0 Å². The molecule has 0 spiro atoms. The van der Waals surface area contributed by atoms with Crippen molar-refractivity contribution in [3.8, 4) is 12.3 Å². The zero-order valence-corrected chi connectivity index (χ0v) is 5.11. The van der Waals surface area contributed by atoms with Crippen LogP contribution in [0.1, 0.15) is 0 Å². The number of rotatable bonds is 3. The summed E-state index contributed by atoms with van der Waals surface area (Å²) < 4.78 is 0. The lowest BCUT2D eigenvalue weighted by Crippen LogP contribution is -2.28. The highest BCUT2D eigenvalue weighted by Crippen LogP contribution is 1.79. The number of nitriles is 2. The van der Waals surface area contributed by atoms with Gasteiger partial charge in [-0.25, -0.2) is 0 Å². The SMILES string of the molecule is N#CCN(BC(=O)O)C#N. The zero-order valence-electron chi connectivity index (χ0n) is 5.11. The monoisotopic (exact) mass is 137 g/mol. The van der Waals surface area contributed by atoms with Crippen LogP contribution in [0.15, 0.2) is 0 Å². The smallest absolute Gasteiger partial charge is 0.380 e. The van der Waals surface area contributed by atoms with Crippen molar-refractivity contribution in [3.63, 3.8) is 0 Å². The van der Waals surface area contributed by atoms with Gasteiger partial charge in [-0.05, 0) is 0 Å². The summed E-state index contributed by atoms with van der Waals surface area (Å²) in [4.78, 5) is 10.8. The summed E-state index contributed by atoms with van der Waals surface area (Å²) in [6.45, 7) is -0.178. The third-order valence-electron chi connectivity index (χ3n) is 0.729. The van der Waals surface area contributed by atoms with E-state index in [1.165, 1.54) is 0 Å². The molecule has 10 heavy (non-hydrogen) atoms. The Bertz CT molecular complexity index is 204. The molecule has 0 saturated heterocycles. The number of hydrogen-bond acceptors (Lipinski definition) is 4. The molecule has 0 saturated carbocycles. The molecule has 0 amide bonds. The van der Waals surface area contributed by atoms with E-state index in [1.807, 2.05) is 0 Å². The van der Waals surface area contributed by atoms with Crippen LogP contribution in [-0.2, 0) is 0 Å². The summed E-state index contributed by atoms with van der Waals surface area (Å²) in [5.74, 6) is -1.11. The minimum atomic E-state index is -1.11. The first kappa shape index (κ1) is 8.31. The lowest BCUT2D eigenvalue weighted by Gasteiger charge is -2.03. The minimum Gasteiger partial charge on any atom is -0.488 e. The molecule has 0 aromatic heterocycles. The molecule has 0 aliphatic carbocycles. The predicted octanol–water partition coefficient (Wildman–Crippen LogP) is -0.677. The highest BCUT2D eigenvalue weighted by atomic mass is 16.4. The molecule has 0 unspecified atom stereocenters. The van der Waals surface area contributed by atoms with Gasteiger partial charge < -0.3 is 9.92 Å². The summed E-state index contributed by atoms with van der Waals surface area (Å²) >= 11 is 0. The normalized spacial score (nSPS) is 7.00. The van der Waals surface area contributed by atoms with E-state index >= 15 is 0 Å². The van der Waals surface area contributed by atoms with Gasteiger partial charge in [-0.3, -0.25) is 4.79 Å². The first-order chi connectivity index (χ1) is 4.70. The molecule has 0 atom stereocenters. The standard InChI is InChI=1S/C4H4BN3O2/c6-1-2-8(3-7)5-4(9)10/h5H,2H2,(H,9,10). The van der Waals surface area contributed by atoms with Crippen LogP contribution in [0.2, 0.25) is 0 Å². The van der Waals surface area contributed by atoms with Crippen LogP contribution in [-0.4, -0.2) is 29.7 Å². The van der Waals surface area contributed by atoms with Crippen molar-refractivity contribution in [1.82, 2.24) is 4.81 Å². The van der Waals surface area contributed by atoms with Crippen molar-refractivity contribution in [2.75, 3.05) is 6.54 Å². The molecule has 0 aromatic rings. The van der Waals surface area contributed by atoms with Crippen LogP contribution in [0.4, 0.5) is 4.79 Å². The Morgan fingerprint density at radius 3 is 2.60 bits per heavy atom. The molecule has 0 bridgehead atoms. The van der Waals surface area contributed by atoms with Gasteiger partial charge >= 0.3 is 7.41 Å². The molecule has 0 fully saturated rings. The van der Waals surface area contributed by atoms with E-state index in [4.69, 9.17) is 15.6 Å². The van der Waals surface area contributed by atoms with Gasteiger partial charge in [0.2, 0.25) is 0 Å². The van der Waals surface area contributed by atoms with Crippen LogP contribution < -0.4 is 0 Å². The molecular formula is C4H4BN3O2. The largest absolute Gasteiger partial charge is 0.488 e. The second-order valence-electron chi connectivity index (χ2n) is 1.51. The molecule has 0 aliphatic heterocycles. The number of nitrogens with zero attached hydrogens (tertiary/aromatic N) is 3. The Morgan fingerprint density at radius 1 is 1.70 bits per heavy atom. The Labute approximate surface area is 58.3 Å². The van der Waals surface area contributed by atoms with E-state index in [9.17, 15) is 4.79 Å². The van der Waals surface area contributed by atoms with Crippen molar-refractivity contribution in [2.24, 2.45) is 0 Å². The van der Waals surface area contributed by atoms with E-state index in [0.717, 1.165) is 4.81 Å². The second-order valence-corrected chi connectivity index (χ2v) is 1.51. The van der Waals surface area contributed by atoms with E-state index in [2.05, 4.69) is 0 Å². The van der Waals surface area contributed by atoms with Crippen LogP contribution in [0.5, 0.6) is 0 Å². The van der Waals surface area contributed by atoms with E-state index in [-0.39, 0.29) is 6.54 Å². The maximum atomic E-state index is 9.94. The zero-order chi connectivity index (χ0) is 7.98. The highest BCUT2D eigenvalue weighted by molar-refractivity contribution is 6.69. The topological polar surface area (TPSA) is 88.1 Å². The van der Waals surface area contributed by atoms with Crippen LogP contribution in [0, 0.1) is 22.8 Å². The molecule has 6 heteroatoms. The summed E-state index contributed by atoms with van der Waals surface area (Å²) in [6, 6.07) is 1.66. The summed E-state index contributed by atoms with van der Waals surface area (Å²) in [6.07, 6.45) is 1.56. The predicted molar refractivity (Wildman–Crippen MR) is 33.1 cm³/mol. The van der Waals surface area contributed by atoms with Crippen LogP contribution in [0.25, 0.3) is 0 Å². The van der Waals surface area contributed by atoms with Gasteiger partial charge in [0.15, 0.2) is 6.19 Å². The highest BCUT2D eigenvalue weighted by Gasteiger charge is 2.08. The van der Waals surface area contributed by atoms with E-state index in [1.54, 1.807) is 12.3 Å². The lowest BCUT2D eigenvalue weighted by molar-refractivity contribution is 0.218. The Kier molecular flexibility index (Phi) is 3.51. The van der Waals surface area contributed by atoms with Crippen molar-refractivity contribution < 1.29 is 9.90 Å². The third-order valence-corrected chi connectivity index (χ3v) is 0.729. The molecule has 5 nitrogen and oxygen atoms in total. The molecule has 0 heterocycles. The van der Waals surface area contributed by atoms with Gasteiger partial charge in [-0.15, -0.1) is 0 Å². The molecule has 50 valence electrons. The summed E-state index contributed by atoms with van der Waals surface area (Å²) in [5.41, 5.74) is 0. The molecule has 1 N–H and O–H groups in total. The van der Waals surface area contributed by atoms with E-state index < -0.39 is 13.3 Å². The fraction of sp³-hybridized carbons (Fsp3) is 0.250. The quantitative estimate of drug-likeness (QED) is 0.241. The fourth-order valence-corrected chi connectivity index (χ4v) is 0.375. The van der Waals surface area contributed by atoms with Gasteiger partial charge in [0, 0.05) is 0 Å². The van der Waals surface area contributed by atoms with Crippen molar-refractivity contribution in [1.29, 1.82) is 10.5 Å². The fourth-order valence-electron chi connectivity index (χ4n) is 0.375. The van der Waals surface area contributed by atoms with Gasteiger partial charge in [-0.2, -0.15) is 10.5 Å². The lowest BCUT2D eigenvalue weighted by atomic mass is 9.93. The minimum absolute atomic E-state index is 0.178. The maximum Gasteiger partial charge on any atom is 0.380 e. The number of carbonyl (C=O) groups is 1. The average molecular weight is 137 g/mol. The maximum absolute atomic E-state index is 9.94. The molecular weight excluding hydrogens is 133 g/mol. The van der Waals surface area contributed by atoms with Gasteiger partial charge in [0.1, 0.15) is 6.54 Å². The Balaban J connectivity index is 3.77. The van der Waals surface area contributed by atoms with Gasteiger partial charge in [-0.1, -0.05) is 0 Å². The summed E-state index contributed by atoms with van der Waals surface area (Å²) in [5, 5.41) is 24.4. The van der Waals surface area contributed by atoms with E-state index in [0.29, 0.717) is 0 Å². The van der Waals surface area contributed by atoms with Crippen molar-refractivity contribution in [3.05, 3.63) is 0 Å². The second kappa shape index (κ2) is 4.22. The number of carboxylic acid groups (broad SMARTS) is 1. The molecule has 0 aliphatic rings. The third kappa shape index (κ3) is 3.33. The van der Waals surface area contributed by atoms with Gasteiger partial charge in [0.25, 0.3) is 5.87 Å². The molecule has 0 aromatic carbocycles. The Hall–Kier alpha value is -1.69. The Morgan fingerprint density at radius 2 is 2.30 bits per heavy atom. The first-order valence-corrected chi connectivity index (χ1v) is 2.44. The average Bonchev–Trinajstić information content (AvgIpc) is 1.86. The molecule has 0 rings (SSSR count). The van der Waals surface area contributed by atoms with Crippen LogP contribution >= 0.6 is 0 Å². The summed E-state index contributed by atoms with van der Waals surface area (Å²) in [7, 11) is -0.413. The van der Waals surface area contributed by atoms with Gasteiger partial charge in [0.05, 0.1) is 6.07 Å². The first-order valence-electron chi connectivity index (χ1n) is 2.44.